The summed E-state index contributed by atoms with van der Waals surface area (Å²) in [5.41, 5.74) is 0.355. The fourth-order valence-electron chi connectivity index (χ4n) is 3.92. The molecule has 3 rings (SSSR count). The maximum Gasteiger partial charge on any atom is 0.157 e. The fourth-order valence-corrected chi connectivity index (χ4v) is 5.14. The molecule has 4 heteroatoms. The van der Waals surface area contributed by atoms with Crippen molar-refractivity contribution in [1.82, 2.24) is 5.32 Å². The molecule has 1 N–H and O–H groups in total. The molecule has 2 unspecified atom stereocenters. The molecule has 0 bridgehead atoms. The molecule has 1 spiro atoms. The van der Waals surface area contributed by atoms with Crippen LogP contribution in [0.15, 0.2) is 4.99 Å². The molecule has 0 aromatic rings. The molecule has 1 aliphatic heterocycles. The molecule has 1 saturated heterocycles. The summed E-state index contributed by atoms with van der Waals surface area (Å²) in [7, 11) is 0. The lowest BCUT2D eigenvalue weighted by Gasteiger charge is -2.36. The van der Waals surface area contributed by atoms with Gasteiger partial charge in [0.2, 0.25) is 0 Å². The SMILES string of the molecule is CC1CCCC2(CSC(=NCCOC3CCCC3)N2)C1. The molecule has 0 radical (unpaired) electrons. The van der Waals surface area contributed by atoms with Crippen LogP contribution in [0.4, 0.5) is 0 Å². The lowest BCUT2D eigenvalue weighted by atomic mass is 9.78. The largest absolute Gasteiger partial charge is 0.376 e. The fraction of sp³-hybridized carbons (Fsp3) is 0.938. The predicted molar refractivity (Wildman–Crippen MR) is 86.5 cm³/mol. The number of aliphatic imine (C=N–C) groups is 1. The van der Waals surface area contributed by atoms with Crippen LogP contribution in [0.3, 0.4) is 0 Å². The Kier molecular flexibility index (Phi) is 4.92. The normalized spacial score (nSPS) is 36.9. The van der Waals surface area contributed by atoms with Gasteiger partial charge in [0.1, 0.15) is 0 Å². The molecule has 0 aromatic carbocycles. The highest BCUT2D eigenvalue weighted by Gasteiger charge is 2.40. The van der Waals surface area contributed by atoms with Crippen LogP contribution in [-0.2, 0) is 4.74 Å². The van der Waals surface area contributed by atoms with Gasteiger partial charge in [0.15, 0.2) is 5.17 Å². The zero-order valence-corrected chi connectivity index (χ0v) is 13.5. The van der Waals surface area contributed by atoms with E-state index in [1.807, 2.05) is 11.8 Å². The Morgan fingerprint density at radius 2 is 2.15 bits per heavy atom. The van der Waals surface area contributed by atoms with Crippen LogP contribution in [0, 0.1) is 5.92 Å². The Balaban J connectivity index is 1.41. The lowest BCUT2D eigenvalue weighted by molar-refractivity contribution is 0.0643. The van der Waals surface area contributed by atoms with Crippen LogP contribution < -0.4 is 5.32 Å². The number of nitrogens with one attached hydrogen (secondary N) is 1. The minimum Gasteiger partial charge on any atom is -0.376 e. The molecule has 114 valence electrons. The first-order chi connectivity index (χ1) is 9.76. The van der Waals surface area contributed by atoms with Crippen molar-refractivity contribution < 1.29 is 4.74 Å². The summed E-state index contributed by atoms with van der Waals surface area (Å²) < 4.78 is 5.87. The van der Waals surface area contributed by atoms with Crippen molar-refractivity contribution in [3.05, 3.63) is 0 Å². The Labute approximate surface area is 127 Å². The van der Waals surface area contributed by atoms with Crippen LogP contribution in [0.5, 0.6) is 0 Å². The zero-order chi connectivity index (χ0) is 13.8. The number of amidine groups is 1. The van der Waals surface area contributed by atoms with Gasteiger partial charge in [0, 0.05) is 11.3 Å². The average Bonchev–Trinajstić information content (AvgIpc) is 3.05. The summed E-state index contributed by atoms with van der Waals surface area (Å²) >= 11 is 1.92. The Morgan fingerprint density at radius 1 is 1.30 bits per heavy atom. The summed E-state index contributed by atoms with van der Waals surface area (Å²) in [4.78, 5) is 4.70. The molecule has 3 aliphatic rings. The smallest absolute Gasteiger partial charge is 0.157 e. The topological polar surface area (TPSA) is 33.6 Å². The van der Waals surface area contributed by atoms with Gasteiger partial charge in [-0.3, -0.25) is 4.99 Å². The second kappa shape index (κ2) is 6.69. The van der Waals surface area contributed by atoms with Crippen molar-refractivity contribution in [3.8, 4) is 0 Å². The number of hydrogen-bond acceptors (Lipinski definition) is 3. The van der Waals surface area contributed by atoms with Crippen LogP contribution in [0.1, 0.15) is 58.3 Å². The minimum atomic E-state index is 0.355. The van der Waals surface area contributed by atoms with E-state index < -0.39 is 0 Å². The molecule has 3 fully saturated rings. The summed E-state index contributed by atoms with van der Waals surface area (Å²) in [6.07, 6.45) is 11.1. The number of thioether (sulfide) groups is 1. The monoisotopic (exact) mass is 296 g/mol. The average molecular weight is 296 g/mol. The van der Waals surface area contributed by atoms with Crippen LogP contribution >= 0.6 is 11.8 Å². The maximum absolute atomic E-state index is 5.87. The van der Waals surface area contributed by atoms with E-state index in [0.717, 1.165) is 24.2 Å². The van der Waals surface area contributed by atoms with Crippen molar-refractivity contribution in [3.63, 3.8) is 0 Å². The number of hydrogen-bond donors (Lipinski definition) is 1. The van der Waals surface area contributed by atoms with Crippen molar-refractivity contribution in [2.24, 2.45) is 10.9 Å². The molecule has 3 nitrogen and oxygen atoms in total. The van der Waals surface area contributed by atoms with Gasteiger partial charge in [-0.1, -0.05) is 44.4 Å². The third-order valence-electron chi connectivity index (χ3n) is 4.95. The molecular formula is C16H28N2OS. The van der Waals surface area contributed by atoms with Crippen molar-refractivity contribution in [1.29, 1.82) is 0 Å². The van der Waals surface area contributed by atoms with E-state index >= 15 is 0 Å². The number of ether oxygens (including phenoxy) is 1. The first kappa shape index (κ1) is 14.7. The second-order valence-electron chi connectivity index (χ2n) is 6.86. The maximum atomic E-state index is 5.87. The van der Waals surface area contributed by atoms with Gasteiger partial charge in [-0.2, -0.15) is 0 Å². The highest BCUT2D eigenvalue weighted by molar-refractivity contribution is 8.14. The zero-order valence-electron chi connectivity index (χ0n) is 12.7. The van der Waals surface area contributed by atoms with E-state index in [1.165, 1.54) is 57.1 Å². The van der Waals surface area contributed by atoms with E-state index in [1.54, 1.807) is 0 Å². The molecular weight excluding hydrogens is 268 g/mol. The molecule has 0 amide bonds. The number of rotatable bonds is 4. The third kappa shape index (κ3) is 3.70. The van der Waals surface area contributed by atoms with Crippen LogP contribution in [-0.4, -0.2) is 35.7 Å². The third-order valence-corrected chi connectivity index (χ3v) is 6.15. The summed E-state index contributed by atoms with van der Waals surface area (Å²) in [5, 5.41) is 4.88. The van der Waals surface area contributed by atoms with Crippen molar-refractivity contribution in [2.75, 3.05) is 18.9 Å². The second-order valence-corrected chi connectivity index (χ2v) is 7.82. The van der Waals surface area contributed by atoms with Gasteiger partial charge in [0.05, 0.1) is 19.3 Å². The first-order valence-corrected chi connectivity index (χ1v) is 9.31. The molecule has 20 heavy (non-hydrogen) atoms. The van der Waals surface area contributed by atoms with Gasteiger partial charge in [-0.25, -0.2) is 0 Å². The van der Waals surface area contributed by atoms with E-state index in [2.05, 4.69) is 12.2 Å². The molecule has 1 heterocycles. The molecule has 2 aliphatic carbocycles. The van der Waals surface area contributed by atoms with Gasteiger partial charge in [0.25, 0.3) is 0 Å². The summed E-state index contributed by atoms with van der Waals surface area (Å²) in [6.45, 7) is 4.00. The Morgan fingerprint density at radius 3 is 2.95 bits per heavy atom. The first-order valence-electron chi connectivity index (χ1n) is 8.33. The van der Waals surface area contributed by atoms with Crippen LogP contribution in [0.2, 0.25) is 0 Å². The molecule has 2 atom stereocenters. The predicted octanol–water partition coefficient (Wildman–Crippen LogP) is 3.59. The highest BCUT2D eigenvalue weighted by atomic mass is 32.2. The van der Waals surface area contributed by atoms with E-state index in [-0.39, 0.29) is 0 Å². The number of nitrogens with zero attached hydrogens (tertiary/aromatic N) is 1. The van der Waals surface area contributed by atoms with E-state index in [0.29, 0.717) is 11.6 Å². The quantitative estimate of drug-likeness (QED) is 0.805. The highest BCUT2D eigenvalue weighted by Crippen LogP contribution is 2.38. The van der Waals surface area contributed by atoms with Crippen LogP contribution in [0.25, 0.3) is 0 Å². The molecule has 0 aromatic heterocycles. The lowest BCUT2D eigenvalue weighted by Crippen LogP contribution is -2.47. The van der Waals surface area contributed by atoms with Gasteiger partial charge < -0.3 is 10.1 Å². The standard InChI is InChI=1S/C16H28N2OS/c1-13-5-4-8-16(11-13)12-20-15(18-16)17-9-10-19-14-6-2-3-7-14/h13-14H,2-12H2,1H3,(H,17,18). The summed E-state index contributed by atoms with van der Waals surface area (Å²) in [6, 6.07) is 0. The van der Waals surface area contributed by atoms with Gasteiger partial charge >= 0.3 is 0 Å². The van der Waals surface area contributed by atoms with Gasteiger partial charge in [-0.15, -0.1) is 0 Å². The Hall–Kier alpha value is -0.220. The van der Waals surface area contributed by atoms with Crippen molar-refractivity contribution >= 4 is 16.9 Å². The summed E-state index contributed by atoms with van der Waals surface area (Å²) in [5.74, 6) is 2.07. The Bertz CT molecular complexity index is 354. The van der Waals surface area contributed by atoms with Crippen molar-refractivity contribution in [2.45, 2.75) is 69.9 Å². The molecule has 2 saturated carbocycles. The van der Waals surface area contributed by atoms with Gasteiger partial charge in [-0.05, 0) is 31.6 Å². The minimum absolute atomic E-state index is 0.355. The van der Waals surface area contributed by atoms with E-state index in [9.17, 15) is 0 Å². The van der Waals surface area contributed by atoms with E-state index in [4.69, 9.17) is 9.73 Å².